The third kappa shape index (κ3) is 6.33. The lowest BCUT2D eigenvalue weighted by molar-refractivity contribution is 0.519. The van der Waals surface area contributed by atoms with E-state index in [4.69, 9.17) is 0 Å². The van der Waals surface area contributed by atoms with Gasteiger partial charge in [-0.15, -0.1) is 24.0 Å². The Labute approximate surface area is 203 Å². The van der Waals surface area contributed by atoms with Crippen LogP contribution in [0.3, 0.4) is 0 Å². The van der Waals surface area contributed by atoms with E-state index in [-0.39, 0.29) is 30.0 Å². The summed E-state index contributed by atoms with van der Waals surface area (Å²) in [5.74, 6) is 0.669. The first-order valence-electron chi connectivity index (χ1n) is 10.1. The summed E-state index contributed by atoms with van der Waals surface area (Å²) in [6.45, 7) is 4.35. The van der Waals surface area contributed by atoms with E-state index in [1.807, 2.05) is 12.1 Å². The van der Waals surface area contributed by atoms with Crippen LogP contribution in [0.5, 0.6) is 0 Å². The van der Waals surface area contributed by atoms with E-state index in [1.165, 1.54) is 15.6 Å². The summed E-state index contributed by atoms with van der Waals surface area (Å²) < 4.78 is 26.4. The summed E-state index contributed by atoms with van der Waals surface area (Å²) in [5.41, 5.74) is 3.20. The van der Waals surface area contributed by atoms with Crippen LogP contribution in [0.1, 0.15) is 17.5 Å². The molecule has 7 nitrogen and oxygen atoms in total. The van der Waals surface area contributed by atoms with Crippen molar-refractivity contribution in [2.24, 2.45) is 4.99 Å². The smallest absolute Gasteiger partial charge is 0.242 e. The Balaban J connectivity index is 0.00000341. The molecular formula is C22H32IN5O2S. The molecule has 0 amide bonds. The normalized spacial score (nSPS) is 16.9. The monoisotopic (exact) mass is 557 g/mol. The van der Waals surface area contributed by atoms with Crippen molar-refractivity contribution in [2.75, 3.05) is 39.1 Å². The van der Waals surface area contributed by atoms with Crippen molar-refractivity contribution in [1.82, 2.24) is 14.9 Å². The summed E-state index contributed by atoms with van der Waals surface area (Å²) in [4.78, 5) is 6.99. The second kappa shape index (κ2) is 11.1. The number of rotatable bonds is 6. The Hall–Kier alpha value is -1.85. The van der Waals surface area contributed by atoms with Crippen LogP contribution < -0.4 is 15.5 Å². The highest BCUT2D eigenvalue weighted by Gasteiger charge is 2.24. The van der Waals surface area contributed by atoms with Gasteiger partial charge in [0.1, 0.15) is 0 Å². The number of benzene rings is 2. The molecule has 2 aromatic rings. The van der Waals surface area contributed by atoms with Crippen LogP contribution in [0.2, 0.25) is 0 Å². The molecule has 1 aliphatic heterocycles. The highest BCUT2D eigenvalue weighted by Crippen LogP contribution is 2.21. The molecule has 2 aromatic carbocycles. The Bertz CT molecular complexity index is 993. The fourth-order valence-corrected chi connectivity index (χ4v) is 4.65. The van der Waals surface area contributed by atoms with Gasteiger partial charge < -0.3 is 15.5 Å². The molecule has 1 atom stereocenters. The summed E-state index contributed by atoms with van der Waals surface area (Å²) in [6.07, 6.45) is 1.01. The number of sulfonamides is 1. The number of guanidine groups is 1. The molecule has 0 aromatic heterocycles. The molecule has 0 spiro atoms. The maximum absolute atomic E-state index is 12.6. The van der Waals surface area contributed by atoms with Gasteiger partial charge in [0.15, 0.2) is 5.96 Å². The number of aliphatic imine (C=N–C) groups is 1. The number of nitrogens with zero attached hydrogens (tertiary/aromatic N) is 3. The molecule has 1 heterocycles. The first kappa shape index (κ1) is 25.4. The second-order valence-corrected chi connectivity index (χ2v) is 9.85. The highest BCUT2D eigenvalue weighted by molar-refractivity contribution is 14.0. The van der Waals surface area contributed by atoms with Crippen LogP contribution in [-0.4, -0.2) is 59.0 Å². The van der Waals surface area contributed by atoms with Crippen LogP contribution in [-0.2, 0) is 16.6 Å². The number of halogens is 1. The number of anilines is 1. The summed E-state index contributed by atoms with van der Waals surface area (Å²) >= 11 is 0. The van der Waals surface area contributed by atoms with E-state index in [9.17, 15) is 8.42 Å². The molecule has 31 heavy (non-hydrogen) atoms. The van der Waals surface area contributed by atoms with Gasteiger partial charge >= 0.3 is 0 Å². The van der Waals surface area contributed by atoms with Gasteiger partial charge in [0.2, 0.25) is 10.0 Å². The minimum Gasteiger partial charge on any atom is -0.369 e. The van der Waals surface area contributed by atoms with Crippen LogP contribution >= 0.6 is 24.0 Å². The minimum absolute atomic E-state index is 0. The van der Waals surface area contributed by atoms with Crippen molar-refractivity contribution in [3.05, 3.63) is 59.7 Å². The van der Waals surface area contributed by atoms with Gasteiger partial charge in [-0.05, 0) is 37.1 Å². The quantitative estimate of drug-likeness (QED) is 0.325. The zero-order valence-electron chi connectivity index (χ0n) is 18.5. The maximum Gasteiger partial charge on any atom is 0.242 e. The van der Waals surface area contributed by atoms with Crippen molar-refractivity contribution in [2.45, 2.75) is 30.8 Å². The van der Waals surface area contributed by atoms with Crippen molar-refractivity contribution in [1.29, 1.82) is 0 Å². The molecule has 3 rings (SSSR count). The second-order valence-electron chi connectivity index (χ2n) is 7.73. The molecule has 0 bridgehead atoms. The summed E-state index contributed by atoms with van der Waals surface area (Å²) in [7, 11) is 1.31. The average molecular weight is 558 g/mol. The Morgan fingerprint density at radius 1 is 1.16 bits per heavy atom. The lowest BCUT2D eigenvalue weighted by Gasteiger charge is -2.21. The molecule has 0 radical (unpaired) electrons. The van der Waals surface area contributed by atoms with Crippen LogP contribution in [0.15, 0.2) is 58.4 Å². The number of hydrogen-bond acceptors (Lipinski definition) is 4. The van der Waals surface area contributed by atoms with Crippen molar-refractivity contribution >= 4 is 45.6 Å². The third-order valence-electron chi connectivity index (χ3n) is 5.33. The van der Waals surface area contributed by atoms with Crippen molar-refractivity contribution < 1.29 is 8.42 Å². The van der Waals surface area contributed by atoms with E-state index >= 15 is 0 Å². The molecule has 0 aliphatic carbocycles. The average Bonchev–Trinajstić information content (AvgIpc) is 3.20. The molecule has 2 N–H and O–H groups in total. The molecule has 1 fully saturated rings. The van der Waals surface area contributed by atoms with Crippen LogP contribution in [0.25, 0.3) is 0 Å². The predicted octanol–water partition coefficient (Wildman–Crippen LogP) is 2.81. The summed E-state index contributed by atoms with van der Waals surface area (Å²) in [6, 6.07) is 15.9. The molecule has 1 unspecified atom stereocenters. The van der Waals surface area contributed by atoms with Gasteiger partial charge in [-0.2, -0.15) is 0 Å². The minimum atomic E-state index is -3.50. The lowest BCUT2D eigenvalue weighted by atomic mass is 10.2. The largest absolute Gasteiger partial charge is 0.369 e. The zero-order valence-corrected chi connectivity index (χ0v) is 21.6. The standard InChI is InChI=1S/C22H31N5O2S.HI/c1-17-9-11-20(12-10-17)27-14-13-19(16-27)25-22(23-2)24-15-18-7-5-6-8-21(18)30(28,29)26(3)4;/h5-12,19H,13-16H2,1-4H3,(H2,23,24,25);1H. The molecule has 1 saturated heterocycles. The third-order valence-corrected chi connectivity index (χ3v) is 7.24. The molecule has 170 valence electrons. The van der Waals surface area contributed by atoms with Gasteiger partial charge in [0.05, 0.1) is 4.90 Å². The highest BCUT2D eigenvalue weighted by atomic mass is 127. The fourth-order valence-electron chi connectivity index (χ4n) is 3.53. The van der Waals surface area contributed by atoms with Crippen molar-refractivity contribution in [3.63, 3.8) is 0 Å². The number of hydrogen-bond donors (Lipinski definition) is 2. The first-order valence-corrected chi connectivity index (χ1v) is 11.5. The van der Waals surface area contributed by atoms with Crippen LogP contribution in [0, 0.1) is 6.92 Å². The summed E-state index contributed by atoms with van der Waals surface area (Å²) in [5, 5.41) is 6.73. The van der Waals surface area contributed by atoms with E-state index < -0.39 is 10.0 Å². The maximum atomic E-state index is 12.6. The van der Waals surface area contributed by atoms with Gasteiger partial charge in [0, 0.05) is 52.5 Å². The zero-order chi connectivity index (χ0) is 21.7. The van der Waals surface area contributed by atoms with Gasteiger partial charge in [-0.25, -0.2) is 12.7 Å². The first-order chi connectivity index (χ1) is 14.3. The van der Waals surface area contributed by atoms with Gasteiger partial charge in [-0.1, -0.05) is 35.9 Å². The molecular weight excluding hydrogens is 525 g/mol. The van der Waals surface area contributed by atoms with E-state index in [0.29, 0.717) is 23.0 Å². The van der Waals surface area contributed by atoms with Gasteiger partial charge in [0.25, 0.3) is 0 Å². The molecule has 1 aliphatic rings. The molecule has 0 saturated carbocycles. The van der Waals surface area contributed by atoms with E-state index in [0.717, 1.165) is 19.5 Å². The lowest BCUT2D eigenvalue weighted by Crippen LogP contribution is -2.44. The Morgan fingerprint density at radius 3 is 2.48 bits per heavy atom. The van der Waals surface area contributed by atoms with Gasteiger partial charge in [-0.3, -0.25) is 4.99 Å². The Kier molecular flexibility index (Phi) is 9.14. The number of nitrogens with one attached hydrogen (secondary N) is 2. The topological polar surface area (TPSA) is 77.0 Å². The van der Waals surface area contributed by atoms with E-state index in [2.05, 4.69) is 51.7 Å². The molecule has 9 heteroatoms. The SMILES string of the molecule is CN=C(NCc1ccccc1S(=O)(=O)N(C)C)NC1CCN(c2ccc(C)cc2)C1.I. The Morgan fingerprint density at radius 2 is 1.84 bits per heavy atom. The number of aryl methyl sites for hydroxylation is 1. The fraction of sp³-hybridized carbons (Fsp3) is 0.409. The van der Waals surface area contributed by atoms with Crippen LogP contribution in [0.4, 0.5) is 5.69 Å². The van der Waals surface area contributed by atoms with E-state index in [1.54, 1.807) is 33.3 Å². The van der Waals surface area contributed by atoms with Crippen molar-refractivity contribution in [3.8, 4) is 0 Å². The predicted molar refractivity (Wildman–Crippen MR) is 138 cm³/mol.